The topological polar surface area (TPSA) is 99.8 Å². The van der Waals surface area contributed by atoms with Gasteiger partial charge in [-0.25, -0.2) is 0 Å². The van der Waals surface area contributed by atoms with Gasteiger partial charge in [0, 0.05) is 11.3 Å². The largest absolute Gasteiger partial charge is 0.343 e. The molecule has 0 unspecified atom stereocenters. The molecule has 3 N–H and O–H groups in total. The van der Waals surface area contributed by atoms with E-state index in [0.717, 1.165) is 0 Å². The molecule has 0 aliphatic heterocycles. The molecule has 1 heterocycles. The minimum Gasteiger partial charge on any atom is -0.343 e. The highest BCUT2D eigenvalue weighted by Crippen LogP contribution is 2.23. The maximum atomic E-state index is 12.2. The van der Waals surface area contributed by atoms with Gasteiger partial charge in [-0.15, -0.1) is 0 Å². The van der Waals surface area contributed by atoms with Crippen LogP contribution in [0, 0.1) is 0 Å². The second-order valence-corrected chi connectivity index (χ2v) is 7.09. The van der Waals surface area contributed by atoms with E-state index in [1.165, 1.54) is 5.56 Å². The van der Waals surface area contributed by atoms with Crippen LogP contribution in [-0.4, -0.2) is 33.8 Å². The Hall–Kier alpha value is -3.22. The number of hydrogen-bond acceptors (Lipinski definition) is 4. The molecule has 0 saturated carbocycles. The van der Waals surface area contributed by atoms with E-state index in [4.69, 9.17) is 0 Å². The van der Waals surface area contributed by atoms with Gasteiger partial charge in [0.15, 0.2) is 0 Å². The van der Waals surface area contributed by atoms with Crippen molar-refractivity contribution in [2.45, 2.75) is 26.2 Å². The van der Waals surface area contributed by atoms with E-state index in [-0.39, 0.29) is 23.8 Å². The fourth-order valence-electron chi connectivity index (χ4n) is 2.50. The highest BCUT2D eigenvalue weighted by Gasteiger charge is 2.14. The number of anilines is 1. The van der Waals surface area contributed by atoms with Crippen molar-refractivity contribution >= 4 is 28.5 Å². The maximum Gasteiger partial charge on any atom is 0.251 e. The van der Waals surface area contributed by atoms with Gasteiger partial charge in [0.25, 0.3) is 5.91 Å². The molecule has 1 aromatic heterocycles. The quantitative estimate of drug-likeness (QED) is 0.673. The fraction of sp³-hybridized carbons (Fsp3) is 0.263. The molecular formula is C19H21N5O2. The molecule has 0 radical (unpaired) electrons. The van der Waals surface area contributed by atoms with E-state index in [1.807, 2.05) is 24.3 Å². The average molecular weight is 351 g/mol. The number of carbonyl (C=O) groups is 2. The Bertz CT molecular complexity index is 938. The number of fused-ring (bicyclic) bond motifs is 1. The molecule has 3 rings (SSSR count). The van der Waals surface area contributed by atoms with Gasteiger partial charge in [0.2, 0.25) is 5.91 Å². The van der Waals surface area contributed by atoms with E-state index >= 15 is 0 Å². The summed E-state index contributed by atoms with van der Waals surface area (Å²) in [6.07, 6.45) is 0. The Morgan fingerprint density at radius 2 is 1.69 bits per heavy atom. The number of nitrogens with one attached hydrogen (secondary N) is 3. The minimum absolute atomic E-state index is 0.0570. The molecule has 2 amide bonds. The molecule has 3 aromatic rings. The van der Waals surface area contributed by atoms with E-state index in [9.17, 15) is 9.59 Å². The van der Waals surface area contributed by atoms with Gasteiger partial charge >= 0.3 is 0 Å². The molecule has 0 bridgehead atoms. The number of H-pyrrole nitrogens is 1. The van der Waals surface area contributed by atoms with Crippen LogP contribution in [0.25, 0.3) is 11.0 Å². The number of aromatic nitrogens is 3. The van der Waals surface area contributed by atoms with Crippen LogP contribution in [-0.2, 0) is 10.2 Å². The standard InChI is InChI=1S/C19H21N5O2/c1-19(2,3)13-5-7-14(8-6-13)21-17(25)11-20-18(26)12-4-9-15-16(10-12)23-24-22-15/h4-10H,11H2,1-3H3,(H,20,26)(H,21,25)(H,22,23,24). The number of amides is 2. The zero-order valence-corrected chi connectivity index (χ0v) is 15.0. The number of hydrogen-bond donors (Lipinski definition) is 3. The summed E-state index contributed by atoms with van der Waals surface area (Å²) in [6, 6.07) is 12.7. The van der Waals surface area contributed by atoms with Crippen LogP contribution < -0.4 is 10.6 Å². The van der Waals surface area contributed by atoms with Crippen molar-refractivity contribution < 1.29 is 9.59 Å². The third-order valence-electron chi connectivity index (χ3n) is 4.02. The minimum atomic E-state index is -0.340. The summed E-state index contributed by atoms with van der Waals surface area (Å²) in [5, 5.41) is 15.7. The molecule has 0 aliphatic carbocycles. The van der Waals surface area contributed by atoms with Crippen LogP contribution in [0.15, 0.2) is 42.5 Å². The van der Waals surface area contributed by atoms with Crippen LogP contribution in [0.2, 0.25) is 0 Å². The third kappa shape index (κ3) is 4.05. The SMILES string of the molecule is CC(C)(C)c1ccc(NC(=O)CNC(=O)c2ccc3n[nH]nc3c2)cc1. The molecule has 7 heteroatoms. The van der Waals surface area contributed by atoms with Crippen LogP contribution in [0.3, 0.4) is 0 Å². The lowest BCUT2D eigenvalue weighted by atomic mass is 9.87. The normalized spacial score (nSPS) is 11.3. The first-order chi connectivity index (χ1) is 12.3. The van der Waals surface area contributed by atoms with Gasteiger partial charge < -0.3 is 10.6 Å². The molecule has 0 aliphatic rings. The maximum absolute atomic E-state index is 12.2. The van der Waals surface area contributed by atoms with Crippen LogP contribution in [0.5, 0.6) is 0 Å². The number of rotatable bonds is 4. The Balaban J connectivity index is 1.55. The summed E-state index contributed by atoms with van der Waals surface area (Å²) in [5.74, 6) is -0.627. The number of aromatic amines is 1. The number of carbonyl (C=O) groups excluding carboxylic acids is 2. The Morgan fingerprint density at radius 3 is 2.38 bits per heavy atom. The first kappa shape index (κ1) is 17.6. The molecule has 7 nitrogen and oxygen atoms in total. The number of nitrogens with zero attached hydrogens (tertiary/aromatic N) is 2. The van der Waals surface area contributed by atoms with Crippen LogP contribution in [0.1, 0.15) is 36.7 Å². The summed E-state index contributed by atoms with van der Waals surface area (Å²) < 4.78 is 0. The van der Waals surface area contributed by atoms with Crippen molar-refractivity contribution in [3.63, 3.8) is 0 Å². The van der Waals surface area contributed by atoms with Gasteiger partial charge in [-0.3, -0.25) is 9.59 Å². The monoisotopic (exact) mass is 351 g/mol. The summed E-state index contributed by atoms with van der Waals surface area (Å²) in [5.41, 5.74) is 3.64. The van der Waals surface area contributed by atoms with Gasteiger partial charge in [-0.1, -0.05) is 32.9 Å². The Morgan fingerprint density at radius 1 is 1.00 bits per heavy atom. The van der Waals surface area contributed by atoms with E-state index in [1.54, 1.807) is 18.2 Å². The van der Waals surface area contributed by atoms with Crippen LogP contribution >= 0.6 is 0 Å². The Kier molecular flexibility index (Phi) is 4.71. The molecular weight excluding hydrogens is 330 g/mol. The van der Waals surface area contributed by atoms with Gasteiger partial charge in [-0.05, 0) is 41.3 Å². The molecule has 0 atom stereocenters. The highest BCUT2D eigenvalue weighted by atomic mass is 16.2. The first-order valence-corrected chi connectivity index (χ1v) is 8.32. The van der Waals surface area contributed by atoms with Gasteiger partial charge in [0.1, 0.15) is 11.0 Å². The molecule has 0 spiro atoms. The second kappa shape index (κ2) is 6.95. The van der Waals surface area contributed by atoms with Crippen molar-refractivity contribution in [3.05, 3.63) is 53.6 Å². The molecule has 0 saturated heterocycles. The highest BCUT2D eigenvalue weighted by molar-refractivity contribution is 6.00. The van der Waals surface area contributed by atoms with Gasteiger partial charge in [0.05, 0.1) is 6.54 Å². The van der Waals surface area contributed by atoms with Crippen molar-refractivity contribution in [1.82, 2.24) is 20.7 Å². The molecule has 134 valence electrons. The lowest BCUT2D eigenvalue weighted by Crippen LogP contribution is -2.32. The summed E-state index contributed by atoms with van der Waals surface area (Å²) in [6.45, 7) is 6.28. The van der Waals surface area contributed by atoms with Gasteiger partial charge in [-0.2, -0.15) is 15.4 Å². The average Bonchev–Trinajstić information content (AvgIpc) is 3.07. The second-order valence-electron chi connectivity index (χ2n) is 7.09. The van der Waals surface area contributed by atoms with E-state index in [0.29, 0.717) is 22.3 Å². The molecule has 26 heavy (non-hydrogen) atoms. The predicted octanol–water partition coefficient (Wildman–Crippen LogP) is 2.62. The smallest absolute Gasteiger partial charge is 0.251 e. The molecule has 2 aromatic carbocycles. The Labute approximate surface area is 151 Å². The predicted molar refractivity (Wildman–Crippen MR) is 100.0 cm³/mol. The number of benzene rings is 2. The van der Waals surface area contributed by atoms with Crippen molar-refractivity contribution in [3.8, 4) is 0 Å². The lowest BCUT2D eigenvalue weighted by molar-refractivity contribution is -0.115. The van der Waals surface area contributed by atoms with E-state index in [2.05, 4.69) is 46.8 Å². The third-order valence-corrected chi connectivity index (χ3v) is 4.02. The zero-order chi connectivity index (χ0) is 18.7. The summed E-state index contributed by atoms with van der Waals surface area (Å²) >= 11 is 0. The van der Waals surface area contributed by atoms with Crippen molar-refractivity contribution in [2.75, 3.05) is 11.9 Å². The van der Waals surface area contributed by atoms with Crippen LogP contribution in [0.4, 0.5) is 5.69 Å². The van der Waals surface area contributed by atoms with Crippen molar-refractivity contribution in [1.29, 1.82) is 0 Å². The zero-order valence-electron chi connectivity index (χ0n) is 15.0. The lowest BCUT2D eigenvalue weighted by Gasteiger charge is -2.19. The van der Waals surface area contributed by atoms with Crippen molar-refractivity contribution in [2.24, 2.45) is 0 Å². The summed E-state index contributed by atoms with van der Waals surface area (Å²) in [7, 11) is 0. The fourth-order valence-corrected chi connectivity index (χ4v) is 2.50. The first-order valence-electron chi connectivity index (χ1n) is 8.32. The summed E-state index contributed by atoms with van der Waals surface area (Å²) in [4.78, 5) is 24.2. The molecule has 0 fully saturated rings. The van der Waals surface area contributed by atoms with E-state index < -0.39 is 0 Å².